The van der Waals surface area contributed by atoms with Crippen LogP contribution in [-0.2, 0) is 10.0 Å². The lowest BCUT2D eigenvalue weighted by atomic mass is 10.1. The maximum absolute atomic E-state index is 10.8. The first-order valence-corrected chi connectivity index (χ1v) is 5.37. The van der Waals surface area contributed by atoms with Crippen molar-refractivity contribution in [2.75, 3.05) is 12.4 Å². The molecule has 1 rings (SSSR count). The molecule has 0 spiro atoms. The van der Waals surface area contributed by atoms with Gasteiger partial charge in [0.1, 0.15) is 5.88 Å². The molecule has 1 aliphatic rings. The number of hydrogen-bond donors (Lipinski definition) is 2. The Bertz CT molecular complexity index is 209. The SMILES string of the molecule is CC(C)C1CNS(=O)(=O)CN1. The molecule has 0 aromatic rings. The van der Waals surface area contributed by atoms with E-state index < -0.39 is 10.0 Å². The summed E-state index contributed by atoms with van der Waals surface area (Å²) < 4.78 is 24.2. The van der Waals surface area contributed by atoms with E-state index >= 15 is 0 Å². The summed E-state index contributed by atoms with van der Waals surface area (Å²) in [6.45, 7) is 4.65. The molecule has 0 bridgehead atoms. The van der Waals surface area contributed by atoms with Crippen molar-refractivity contribution < 1.29 is 8.42 Å². The van der Waals surface area contributed by atoms with E-state index in [0.29, 0.717) is 12.5 Å². The largest absolute Gasteiger partial charge is 0.298 e. The molecule has 4 nitrogen and oxygen atoms in total. The van der Waals surface area contributed by atoms with E-state index in [1.807, 2.05) is 0 Å². The van der Waals surface area contributed by atoms with Gasteiger partial charge in [-0.05, 0) is 5.92 Å². The fourth-order valence-corrected chi connectivity index (χ4v) is 2.00. The van der Waals surface area contributed by atoms with Gasteiger partial charge in [0.05, 0.1) is 0 Å². The first kappa shape index (κ1) is 8.96. The van der Waals surface area contributed by atoms with Crippen LogP contribution in [0.2, 0.25) is 0 Å². The summed E-state index contributed by atoms with van der Waals surface area (Å²) in [5.74, 6) is 0.522. The van der Waals surface area contributed by atoms with Crippen LogP contribution in [0.1, 0.15) is 13.8 Å². The van der Waals surface area contributed by atoms with Gasteiger partial charge in [-0.15, -0.1) is 0 Å². The first-order valence-electron chi connectivity index (χ1n) is 3.72. The predicted octanol–water partition coefficient (Wildman–Crippen LogP) is -0.509. The van der Waals surface area contributed by atoms with Gasteiger partial charge in [0.2, 0.25) is 10.0 Å². The molecule has 0 amide bonds. The Morgan fingerprint density at radius 2 is 2.09 bits per heavy atom. The highest BCUT2D eigenvalue weighted by Gasteiger charge is 2.23. The molecule has 66 valence electrons. The van der Waals surface area contributed by atoms with E-state index in [1.54, 1.807) is 0 Å². The normalized spacial score (nSPS) is 30.6. The number of hydrogen-bond acceptors (Lipinski definition) is 3. The number of rotatable bonds is 1. The van der Waals surface area contributed by atoms with Gasteiger partial charge < -0.3 is 0 Å². The third kappa shape index (κ3) is 2.43. The van der Waals surface area contributed by atoms with Crippen LogP contribution in [-0.4, -0.2) is 26.9 Å². The maximum atomic E-state index is 10.8. The summed E-state index contributed by atoms with van der Waals surface area (Å²) in [5.41, 5.74) is 0. The summed E-state index contributed by atoms with van der Waals surface area (Å²) >= 11 is 0. The van der Waals surface area contributed by atoms with E-state index in [0.717, 1.165) is 0 Å². The fourth-order valence-electron chi connectivity index (χ4n) is 1.03. The summed E-state index contributed by atoms with van der Waals surface area (Å²) in [6, 6.07) is 0.276. The molecule has 11 heavy (non-hydrogen) atoms. The van der Waals surface area contributed by atoms with Gasteiger partial charge in [0, 0.05) is 12.6 Å². The molecule has 0 aromatic heterocycles. The van der Waals surface area contributed by atoms with Crippen molar-refractivity contribution in [2.45, 2.75) is 19.9 Å². The Morgan fingerprint density at radius 1 is 1.45 bits per heavy atom. The summed E-state index contributed by atoms with van der Waals surface area (Å²) in [6.07, 6.45) is 0. The topological polar surface area (TPSA) is 58.2 Å². The van der Waals surface area contributed by atoms with Gasteiger partial charge >= 0.3 is 0 Å². The van der Waals surface area contributed by atoms with Gasteiger partial charge in [-0.2, -0.15) is 0 Å². The second kappa shape index (κ2) is 3.08. The van der Waals surface area contributed by atoms with Crippen molar-refractivity contribution in [3.63, 3.8) is 0 Å². The molecule has 1 unspecified atom stereocenters. The van der Waals surface area contributed by atoms with E-state index in [1.165, 1.54) is 0 Å². The summed E-state index contributed by atoms with van der Waals surface area (Å²) in [5, 5.41) is 2.96. The highest BCUT2D eigenvalue weighted by molar-refractivity contribution is 7.89. The van der Waals surface area contributed by atoms with Crippen LogP contribution in [0.4, 0.5) is 0 Å². The Labute approximate surface area is 67.4 Å². The standard InChI is InChI=1S/C6H14N2O2S/c1-5(2)6-3-8-11(9,10)4-7-6/h5-8H,3-4H2,1-2H3. The average molecular weight is 178 g/mol. The second-order valence-electron chi connectivity index (χ2n) is 3.16. The van der Waals surface area contributed by atoms with E-state index in [2.05, 4.69) is 23.9 Å². The monoisotopic (exact) mass is 178 g/mol. The second-order valence-corrected chi connectivity index (χ2v) is 4.97. The zero-order valence-corrected chi connectivity index (χ0v) is 7.61. The van der Waals surface area contributed by atoms with E-state index in [-0.39, 0.29) is 11.9 Å². The lowest BCUT2D eigenvalue weighted by Gasteiger charge is -2.27. The molecule has 0 radical (unpaired) electrons. The third-order valence-corrected chi connectivity index (χ3v) is 3.02. The Balaban J connectivity index is 2.49. The van der Waals surface area contributed by atoms with Crippen molar-refractivity contribution in [1.82, 2.24) is 10.0 Å². The highest BCUT2D eigenvalue weighted by Crippen LogP contribution is 2.04. The lowest BCUT2D eigenvalue weighted by molar-refractivity contribution is 0.395. The van der Waals surface area contributed by atoms with Gasteiger partial charge in [-0.3, -0.25) is 5.32 Å². The van der Waals surface area contributed by atoms with Crippen LogP contribution in [0, 0.1) is 5.92 Å². The van der Waals surface area contributed by atoms with Crippen molar-refractivity contribution in [2.24, 2.45) is 5.92 Å². The molecular formula is C6H14N2O2S. The first-order chi connectivity index (χ1) is 5.01. The molecule has 0 aliphatic carbocycles. The fraction of sp³-hybridized carbons (Fsp3) is 1.00. The third-order valence-electron chi connectivity index (χ3n) is 1.86. The molecular weight excluding hydrogens is 164 g/mol. The molecule has 1 aliphatic heterocycles. The molecule has 1 fully saturated rings. The zero-order valence-electron chi connectivity index (χ0n) is 6.79. The minimum atomic E-state index is -3.01. The van der Waals surface area contributed by atoms with Gasteiger partial charge in [0.15, 0.2) is 0 Å². The predicted molar refractivity (Wildman–Crippen MR) is 43.6 cm³/mol. The van der Waals surface area contributed by atoms with Gasteiger partial charge in [-0.25, -0.2) is 13.1 Å². The van der Waals surface area contributed by atoms with Crippen LogP contribution in [0.3, 0.4) is 0 Å². The van der Waals surface area contributed by atoms with Crippen molar-refractivity contribution in [3.05, 3.63) is 0 Å². The number of nitrogens with one attached hydrogen (secondary N) is 2. The van der Waals surface area contributed by atoms with Crippen LogP contribution >= 0.6 is 0 Å². The molecule has 2 N–H and O–H groups in total. The number of sulfonamides is 1. The molecule has 5 heteroatoms. The quantitative estimate of drug-likeness (QED) is 0.568. The van der Waals surface area contributed by atoms with Crippen LogP contribution in [0.5, 0.6) is 0 Å². The van der Waals surface area contributed by atoms with E-state index in [9.17, 15) is 8.42 Å². The minimum absolute atomic E-state index is 0.0514. The Hall–Kier alpha value is -0.130. The molecule has 1 atom stereocenters. The molecule has 1 heterocycles. The Kier molecular flexibility index (Phi) is 2.51. The van der Waals surface area contributed by atoms with Crippen molar-refractivity contribution in [1.29, 1.82) is 0 Å². The average Bonchev–Trinajstić information content (AvgIpc) is 1.86. The highest BCUT2D eigenvalue weighted by atomic mass is 32.2. The van der Waals surface area contributed by atoms with Gasteiger partial charge in [0.25, 0.3) is 0 Å². The summed E-state index contributed by atoms with van der Waals surface area (Å²) in [7, 11) is -3.01. The lowest BCUT2D eigenvalue weighted by Crippen LogP contribution is -2.53. The van der Waals surface area contributed by atoms with Gasteiger partial charge in [-0.1, -0.05) is 13.8 Å². The molecule has 1 saturated heterocycles. The zero-order chi connectivity index (χ0) is 8.48. The van der Waals surface area contributed by atoms with Crippen molar-refractivity contribution in [3.8, 4) is 0 Å². The van der Waals surface area contributed by atoms with Crippen LogP contribution in [0.15, 0.2) is 0 Å². The molecule has 0 saturated carbocycles. The Morgan fingerprint density at radius 3 is 2.45 bits per heavy atom. The van der Waals surface area contributed by atoms with Crippen LogP contribution < -0.4 is 10.0 Å². The smallest absolute Gasteiger partial charge is 0.224 e. The molecule has 0 aromatic carbocycles. The minimum Gasteiger partial charge on any atom is -0.298 e. The van der Waals surface area contributed by atoms with Crippen molar-refractivity contribution >= 4 is 10.0 Å². The summed E-state index contributed by atoms with van der Waals surface area (Å²) in [4.78, 5) is 0. The van der Waals surface area contributed by atoms with E-state index in [4.69, 9.17) is 0 Å². The maximum Gasteiger partial charge on any atom is 0.224 e. The van der Waals surface area contributed by atoms with Crippen LogP contribution in [0.25, 0.3) is 0 Å².